The summed E-state index contributed by atoms with van der Waals surface area (Å²) in [5.41, 5.74) is 0. The lowest BCUT2D eigenvalue weighted by Gasteiger charge is -2.18. The van der Waals surface area contributed by atoms with Crippen LogP contribution in [-0.4, -0.2) is 35.8 Å². The minimum absolute atomic E-state index is 0.230. The summed E-state index contributed by atoms with van der Waals surface area (Å²) in [7, 11) is -3.38. The second-order valence-corrected chi connectivity index (χ2v) is 6.89. The highest BCUT2D eigenvalue weighted by molar-refractivity contribution is 7.89. The number of aryl methyl sites for hydroxylation is 1. The van der Waals surface area contributed by atoms with E-state index in [9.17, 15) is 8.42 Å². The summed E-state index contributed by atoms with van der Waals surface area (Å²) in [6.07, 6.45) is 5.13. The fraction of sp³-hybridized carbons (Fsp3) is 0.750. The molecular formula is C12H21N3O2S. The van der Waals surface area contributed by atoms with Gasteiger partial charge in [-0.3, -0.25) is 0 Å². The summed E-state index contributed by atoms with van der Waals surface area (Å²) < 4.78 is 26.4. The number of nitrogens with zero attached hydrogens (tertiary/aromatic N) is 2. The van der Waals surface area contributed by atoms with Gasteiger partial charge in [0.1, 0.15) is 5.82 Å². The maximum Gasteiger partial charge on any atom is 0.260 e. The summed E-state index contributed by atoms with van der Waals surface area (Å²) in [5.74, 6) is 1.33. The molecular weight excluding hydrogens is 250 g/mol. The number of imidazole rings is 1. The Morgan fingerprint density at radius 1 is 1.44 bits per heavy atom. The molecule has 0 spiro atoms. The summed E-state index contributed by atoms with van der Waals surface area (Å²) in [4.78, 5) is 6.96. The van der Waals surface area contributed by atoms with Gasteiger partial charge in [0.2, 0.25) is 0 Å². The van der Waals surface area contributed by atoms with E-state index in [1.165, 1.54) is 6.20 Å². The van der Waals surface area contributed by atoms with Gasteiger partial charge in [0, 0.05) is 19.5 Å². The zero-order chi connectivity index (χ0) is 13.2. The molecule has 2 rings (SSSR count). The van der Waals surface area contributed by atoms with Gasteiger partial charge in [-0.25, -0.2) is 13.4 Å². The van der Waals surface area contributed by atoms with Gasteiger partial charge in [0.05, 0.1) is 6.20 Å². The molecule has 0 amide bonds. The van der Waals surface area contributed by atoms with Crippen molar-refractivity contribution in [2.75, 3.05) is 13.1 Å². The third kappa shape index (κ3) is 2.75. The predicted molar refractivity (Wildman–Crippen MR) is 69.7 cm³/mol. The average molecular weight is 271 g/mol. The Hall–Kier alpha value is -0.880. The van der Waals surface area contributed by atoms with Gasteiger partial charge >= 0.3 is 0 Å². The van der Waals surface area contributed by atoms with Gasteiger partial charge in [-0.15, -0.1) is 0 Å². The molecule has 5 nitrogen and oxygen atoms in total. The summed E-state index contributed by atoms with van der Waals surface area (Å²) in [6.45, 7) is 5.36. The monoisotopic (exact) mass is 271 g/mol. The number of nitrogens with one attached hydrogen (secondary N) is 1. The van der Waals surface area contributed by atoms with Crippen molar-refractivity contribution in [1.29, 1.82) is 0 Å². The average Bonchev–Trinajstić information content (AvgIpc) is 2.72. The molecule has 1 unspecified atom stereocenters. The molecule has 1 atom stereocenters. The molecule has 0 saturated carbocycles. The Kier molecular flexibility index (Phi) is 4.07. The number of aromatic nitrogens is 2. The molecule has 1 N–H and O–H groups in total. The fourth-order valence-electron chi connectivity index (χ4n) is 2.27. The number of rotatable bonds is 3. The summed E-state index contributed by atoms with van der Waals surface area (Å²) in [6, 6.07) is 0. The van der Waals surface area contributed by atoms with Gasteiger partial charge in [-0.1, -0.05) is 13.8 Å². The topological polar surface area (TPSA) is 66.1 Å². The van der Waals surface area contributed by atoms with Crippen LogP contribution < -0.4 is 0 Å². The predicted octanol–water partition coefficient (Wildman–Crippen LogP) is 1.78. The van der Waals surface area contributed by atoms with Gasteiger partial charge < -0.3 is 4.98 Å². The largest absolute Gasteiger partial charge is 0.332 e. The molecule has 0 radical (unpaired) electrons. The maximum atomic E-state index is 12.4. The van der Waals surface area contributed by atoms with Crippen LogP contribution in [0.15, 0.2) is 11.2 Å². The number of sulfonamides is 1. The molecule has 1 saturated heterocycles. The lowest BCUT2D eigenvalue weighted by Crippen LogP contribution is -2.32. The zero-order valence-electron chi connectivity index (χ0n) is 11.0. The first-order valence-electron chi connectivity index (χ1n) is 6.58. The van der Waals surface area contributed by atoms with Crippen molar-refractivity contribution in [2.24, 2.45) is 5.92 Å². The Morgan fingerprint density at radius 3 is 2.89 bits per heavy atom. The second kappa shape index (κ2) is 5.40. The lowest BCUT2D eigenvalue weighted by atomic mass is 10.0. The number of aromatic amines is 1. The Bertz CT molecular complexity index is 495. The van der Waals surface area contributed by atoms with Crippen LogP contribution in [-0.2, 0) is 16.4 Å². The zero-order valence-corrected chi connectivity index (χ0v) is 11.8. The first-order valence-corrected chi connectivity index (χ1v) is 8.02. The van der Waals surface area contributed by atoms with Crippen LogP contribution in [0, 0.1) is 5.92 Å². The van der Waals surface area contributed by atoms with Crippen LogP contribution in [0.1, 0.15) is 38.9 Å². The molecule has 6 heteroatoms. The third-order valence-corrected chi connectivity index (χ3v) is 5.34. The van der Waals surface area contributed by atoms with Crippen molar-refractivity contribution in [3.63, 3.8) is 0 Å². The second-order valence-electron chi connectivity index (χ2n) is 4.99. The maximum absolute atomic E-state index is 12.4. The highest BCUT2D eigenvalue weighted by atomic mass is 32.2. The number of hydrogen-bond acceptors (Lipinski definition) is 3. The molecule has 0 aromatic carbocycles. The minimum atomic E-state index is -3.38. The van der Waals surface area contributed by atoms with Crippen molar-refractivity contribution >= 4 is 10.0 Å². The summed E-state index contributed by atoms with van der Waals surface area (Å²) >= 11 is 0. The first kappa shape index (κ1) is 13.5. The molecule has 0 aliphatic carbocycles. The van der Waals surface area contributed by atoms with E-state index in [0.29, 0.717) is 25.4 Å². The van der Waals surface area contributed by atoms with Crippen LogP contribution in [0.4, 0.5) is 0 Å². The normalized spacial score (nSPS) is 22.9. The fourth-order valence-corrected chi connectivity index (χ4v) is 3.70. The first-order chi connectivity index (χ1) is 8.54. The SMILES string of the molecule is CCc1ncc(S(=O)(=O)N2CCCC(C)CC2)[nH]1. The molecule has 2 heterocycles. The Morgan fingerprint density at radius 2 is 2.22 bits per heavy atom. The van der Waals surface area contributed by atoms with Gasteiger partial charge in [0.15, 0.2) is 5.03 Å². The van der Waals surface area contributed by atoms with E-state index >= 15 is 0 Å². The Labute approximate surface area is 109 Å². The molecule has 1 aromatic rings. The molecule has 18 heavy (non-hydrogen) atoms. The standard InChI is InChI=1S/C12H21N3O2S/c1-3-11-13-9-12(14-11)18(16,17)15-7-4-5-10(2)6-8-15/h9-10H,3-8H2,1-2H3,(H,13,14). The molecule has 1 aliphatic heterocycles. The quantitative estimate of drug-likeness (QED) is 0.911. The lowest BCUT2D eigenvalue weighted by molar-refractivity contribution is 0.415. The van der Waals surface area contributed by atoms with Crippen molar-refractivity contribution in [3.05, 3.63) is 12.0 Å². The van der Waals surface area contributed by atoms with Crippen molar-refractivity contribution in [1.82, 2.24) is 14.3 Å². The summed E-state index contributed by atoms with van der Waals surface area (Å²) in [5, 5.41) is 0.230. The van der Waals surface area contributed by atoms with Crippen LogP contribution in [0.2, 0.25) is 0 Å². The highest BCUT2D eigenvalue weighted by Gasteiger charge is 2.28. The van der Waals surface area contributed by atoms with Gasteiger partial charge in [-0.2, -0.15) is 4.31 Å². The van der Waals surface area contributed by atoms with E-state index in [2.05, 4.69) is 16.9 Å². The van der Waals surface area contributed by atoms with Crippen molar-refractivity contribution in [2.45, 2.75) is 44.6 Å². The number of H-pyrrole nitrogens is 1. The van der Waals surface area contributed by atoms with Crippen LogP contribution in [0.25, 0.3) is 0 Å². The Balaban J connectivity index is 2.19. The van der Waals surface area contributed by atoms with E-state index in [0.717, 1.165) is 25.1 Å². The van der Waals surface area contributed by atoms with Crippen LogP contribution in [0.3, 0.4) is 0 Å². The van der Waals surface area contributed by atoms with E-state index in [-0.39, 0.29) is 5.03 Å². The van der Waals surface area contributed by atoms with E-state index in [1.54, 1.807) is 4.31 Å². The highest BCUT2D eigenvalue weighted by Crippen LogP contribution is 2.22. The molecule has 0 bridgehead atoms. The molecule has 1 fully saturated rings. The van der Waals surface area contributed by atoms with Gasteiger partial charge in [-0.05, 0) is 25.2 Å². The van der Waals surface area contributed by atoms with Crippen molar-refractivity contribution in [3.8, 4) is 0 Å². The minimum Gasteiger partial charge on any atom is -0.332 e. The number of hydrogen-bond donors (Lipinski definition) is 1. The molecule has 102 valence electrons. The van der Waals surface area contributed by atoms with Crippen LogP contribution in [0.5, 0.6) is 0 Å². The van der Waals surface area contributed by atoms with Crippen molar-refractivity contribution < 1.29 is 8.42 Å². The smallest absolute Gasteiger partial charge is 0.260 e. The molecule has 1 aliphatic rings. The van der Waals surface area contributed by atoms with E-state index in [1.807, 2.05) is 6.92 Å². The van der Waals surface area contributed by atoms with Crippen LogP contribution >= 0.6 is 0 Å². The van der Waals surface area contributed by atoms with Gasteiger partial charge in [0.25, 0.3) is 10.0 Å². The van der Waals surface area contributed by atoms with E-state index < -0.39 is 10.0 Å². The molecule has 1 aromatic heterocycles. The van der Waals surface area contributed by atoms with E-state index in [4.69, 9.17) is 0 Å². The third-order valence-electron chi connectivity index (χ3n) is 3.53.